The van der Waals surface area contributed by atoms with E-state index in [0.717, 1.165) is 22.0 Å². The molecule has 5 rings (SSSR count). The summed E-state index contributed by atoms with van der Waals surface area (Å²) in [5.74, 6) is -0.613. The van der Waals surface area contributed by atoms with Gasteiger partial charge in [0.25, 0.3) is 0 Å². The van der Waals surface area contributed by atoms with Crippen molar-refractivity contribution in [1.82, 2.24) is 24.5 Å². The third-order valence-corrected chi connectivity index (χ3v) is 5.81. The molecule has 0 aliphatic carbocycles. The van der Waals surface area contributed by atoms with Gasteiger partial charge >= 0.3 is 5.69 Å². The van der Waals surface area contributed by atoms with E-state index in [1.165, 1.54) is 16.0 Å². The van der Waals surface area contributed by atoms with E-state index in [1.54, 1.807) is 36.5 Å². The van der Waals surface area contributed by atoms with Crippen molar-refractivity contribution in [2.75, 3.05) is 5.32 Å². The van der Waals surface area contributed by atoms with Crippen LogP contribution >= 0.6 is 0 Å². The van der Waals surface area contributed by atoms with E-state index in [4.69, 9.17) is 0 Å². The van der Waals surface area contributed by atoms with Crippen LogP contribution in [0.5, 0.6) is 0 Å². The van der Waals surface area contributed by atoms with Crippen LogP contribution in [-0.4, -0.2) is 37.0 Å². The number of aromatic amines is 1. The van der Waals surface area contributed by atoms with Crippen molar-refractivity contribution in [3.05, 3.63) is 101 Å². The van der Waals surface area contributed by atoms with E-state index in [2.05, 4.69) is 20.7 Å². The van der Waals surface area contributed by atoms with E-state index >= 15 is 0 Å². The molecule has 176 valence electrons. The zero-order chi connectivity index (χ0) is 24.4. The Morgan fingerprint density at radius 3 is 2.71 bits per heavy atom. The minimum atomic E-state index is -0.753. The Morgan fingerprint density at radius 1 is 1.06 bits per heavy atom. The van der Waals surface area contributed by atoms with Crippen LogP contribution in [0.3, 0.4) is 0 Å². The molecule has 9 nitrogen and oxygen atoms in total. The molecule has 0 aliphatic heterocycles. The summed E-state index contributed by atoms with van der Waals surface area (Å²) in [6.45, 7) is 1.65. The summed E-state index contributed by atoms with van der Waals surface area (Å²) in [4.78, 5) is 40.8. The van der Waals surface area contributed by atoms with E-state index in [1.807, 2.05) is 42.6 Å². The largest absolute Gasteiger partial charge is 0.361 e. The minimum absolute atomic E-state index is 0.237. The first-order chi connectivity index (χ1) is 17.0. The molecule has 1 unspecified atom stereocenters. The van der Waals surface area contributed by atoms with E-state index in [0.29, 0.717) is 17.8 Å². The lowest BCUT2D eigenvalue weighted by molar-refractivity contribution is -0.125. The zero-order valence-corrected chi connectivity index (χ0v) is 19.1. The van der Waals surface area contributed by atoms with Crippen LogP contribution in [0.4, 0.5) is 5.69 Å². The quantitative estimate of drug-likeness (QED) is 0.341. The second-order valence-electron chi connectivity index (χ2n) is 8.38. The van der Waals surface area contributed by atoms with Crippen LogP contribution in [0.25, 0.3) is 16.6 Å². The predicted octanol–water partition coefficient (Wildman–Crippen LogP) is 2.71. The summed E-state index contributed by atoms with van der Waals surface area (Å²) >= 11 is 0. The molecule has 3 N–H and O–H groups in total. The van der Waals surface area contributed by atoms with E-state index in [-0.39, 0.29) is 24.0 Å². The zero-order valence-electron chi connectivity index (χ0n) is 19.1. The standard InChI is InChI=1S/C26H24N6O3/c1-17(33)28-23(14-19-15-27-22-10-3-2-9-21(19)22)25(34)29-20-8-6-7-18(13-20)16-32-26(35)31-12-5-4-11-24(31)30-32/h2-13,15,23,27H,14,16H2,1H3,(H,28,33)(H,29,34). The lowest BCUT2D eigenvalue weighted by Gasteiger charge is -2.18. The molecule has 0 spiro atoms. The molecule has 3 heterocycles. The number of anilines is 1. The number of nitrogens with one attached hydrogen (secondary N) is 3. The number of benzene rings is 2. The molecule has 3 aromatic heterocycles. The molecule has 2 aromatic carbocycles. The minimum Gasteiger partial charge on any atom is -0.361 e. The van der Waals surface area contributed by atoms with Gasteiger partial charge in [0.15, 0.2) is 5.65 Å². The number of amides is 2. The number of carbonyl (C=O) groups excluding carboxylic acids is 2. The van der Waals surface area contributed by atoms with Gasteiger partial charge in [-0.25, -0.2) is 9.48 Å². The molecule has 2 amide bonds. The third-order valence-electron chi connectivity index (χ3n) is 5.81. The number of rotatable bonds is 7. The number of pyridine rings is 1. The molecule has 1 atom stereocenters. The molecular formula is C26H24N6O3. The van der Waals surface area contributed by atoms with Gasteiger partial charge in [0, 0.05) is 42.3 Å². The maximum Gasteiger partial charge on any atom is 0.350 e. The molecule has 0 fully saturated rings. The molecule has 5 aromatic rings. The Labute approximate surface area is 200 Å². The Hall–Kier alpha value is -4.66. The molecule has 9 heteroatoms. The van der Waals surface area contributed by atoms with E-state index < -0.39 is 6.04 Å². The number of fused-ring (bicyclic) bond motifs is 2. The van der Waals surface area contributed by atoms with Gasteiger partial charge in [-0.05, 0) is 41.5 Å². The first-order valence-electron chi connectivity index (χ1n) is 11.2. The van der Waals surface area contributed by atoms with Crippen LogP contribution in [0.1, 0.15) is 18.1 Å². The fraction of sp³-hybridized carbons (Fsp3) is 0.154. The van der Waals surface area contributed by atoms with Crippen molar-refractivity contribution < 1.29 is 9.59 Å². The van der Waals surface area contributed by atoms with Gasteiger partial charge in [0.05, 0.1) is 6.54 Å². The highest BCUT2D eigenvalue weighted by Crippen LogP contribution is 2.20. The number of carbonyl (C=O) groups is 2. The summed E-state index contributed by atoms with van der Waals surface area (Å²) < 4.78 is 2.86. The second kappa shape index (κ2) is 9.30. The smallest absolute Gasteiger partial charge is 0.350 e. The summed E-state index contributed by atoms with van der Waals surface area (Å²) in [6.07, 6.45) is 3.87. The van der Waals surface area contributed by atoms with Gasteiger partial charge in [-0.2, -0.15) is 0 Å². The Kier molecular flexibility index (Phi) is 5.88. The third kappa shape index (κ3) is 4.70. The average Bonchev–Trinajstić information content (AvgIpc) is 3.39. The van der Waals surface area contributed by atoms with Crippen molar-refractivity contribution in [3.8, 4) is 0 Å². The van der Waals surface area contributed by atoms with Gasteiger partial charge in [-0.3, -0.25) is 14.0 Å². The lowest BCUT2D eigenvalue weighted by Crippen LogP contribution is -2.44. The first kappa shape index (κ1) is 22.1. The van der Waals surface area contributed by atoms with Crippen molar-refractivity contribution in [2.45, 2.75) is 25.9 Å². The number of aromatic nitrogens is 4. The Bertz CT molecular complexity index is 1600. The van der Waals surface area contributed by atoms with Crippen LogP contribution in [0.2, 0.25) is 0 Å². The molecule has 0 aliphatic rings. The van der Waals surface area contributed by atoms with Crippen molar-refractivity contribution in [3.63, 3.8) is 0 Å². The molecular weight excluding hydrogens is 444 g/mol. The summed E-state index contributed by atoms with van der Waals surface area (Å²) in [5, 5.41) is 11.0. The predicted molar refractivity (Wildman–Crippen MR) is 133 cm³/mol. The van der Waals surface area contributed by atoms with Gasteiger partial charge in [-0.15, -0.1) is 5.10 Å². The lowest BCUT2D eigenvalue weighted by atomic mass is 10.0. The molecule has 0 saturated heterocycles. The van der Waals surface area contributed by atoms with Gasteiger partial charge in [-0.1, -0.05) is 36.4 Å². The average molecular weight is 469 g/mol. The number of hydrogen-bond donors (Lipinski definition) is 3. The van der Waals surface area contributed by atoms with Crippen molar-refractivity contribution in [1.29, 1.82) is 0 Å². The maximum absolute atomic E-state index is 13.1. The normalized spacial score (nSPS) is 12.0. The second-order valence-corrected chi connectivity index (χ2v) is 8.38. The number of H-pyrrole nitrogens is 1. The van der Waals surface area contributed by atoms with Gasteiger partial charge < -0.3 is 15.6 Å². The molecule has 0 bridgehead atoms. The van der Waals surface area contributed by atoms with Gasteiger partial charge in [0.1, 0.15) is 6.04 Å². The van der Waals surface area contributed by atoms with E-state index in [9.17, 15) is 14.4 Å². The van der Waals surface area contributed by atoms with Crippen LogP contribution < -0.4 is 16.3 Å². The van der Waals surface area contributed by atoms with Crippen molar-refractivity contribution in [2.24, 2.45) is 0 Å². The Balaban J connectivity index is 1.34. The summed E-state index contributed by atoms with van der Waals surface area (Å²) in [7, 11) is 0. The van der Waals surface area contributed by atoms with Crippen molar-refractivity contribution >= 4 is 34.1 Å². The fourth-order valence-electron chi connectivity index (χ4n) is 4.20. The summed E-state index contributed by atoms with van der Waals surface area (Å²) in [5.41, 5.74) is 3.62. The van der Waals surface area contributed by atoms with Crippen LogP contribution in [0.15, 0.2) is 83.9 Å². The monoisotopic (exact) mass is 468 g/mol. The number of hydrogen-bond acceptors (Lipinski definition) is 4. The topological polar surface area (TPSA) is 113 Å². The highest BCUT2D eigenvalue weighted by atomic mass is 16.2. The van der Waals surface area contributed by atoms with Gasteiger partial charge in [0.2, 0.25) is 11.8 Å². The fourth-order valence-corrected chi connectivity index (χ4v) is 4.20. The van der Waals surface area contributed by atoms with Crippen LogP contribution in [-0.2, 0) is 22.6 Å². The molecule has 35 heavy (non-hydrogen) atoms. The van der Waals surface area contributed by atoms with Crippen LogP contribution in [0, 0.1) is 0 Å². The maximum atomic E-state index is 13.1. The first-order valence-corrected chi connectivity index (χ1v) is 11.2. The molecule has 0 radical (unpaired) electrons. The number of para-hydroxylation sites is 1. The SMILES string of the molecule is CC(=O)NC(Cc1c[nH]c2ccccc12)C(=O)Nc1cccc(Cn2nc3ccccn3c2=O)c1. The summed E-state index contributed by atoms with van der Waals surface area (Å²) in [6, 6.07) is 19.7. The highest BCUT2D eigenvalue weighted by molar-refractivity contribution is 5.97. The number of nitrogens with zero attached hydrogens (tertiary/aromatic N) is 3. The Morgan fingerprint density at radius 2 is 1.89 bits per heavy atom. The molecule has 0 saturated carbocycles. The highest BCUT2D eigenvalue weighted by Gasteiger charge is 2.22.